The van der Waals surface area contributed by atoms with Gasteiger partial charge in [-0.15, -0.1) is 0 Å². The third-order valence-corrected chi connectivity index (χ3v) is 3.18. The van der Waals surface area contributed by atoms with Crippen molar-refractivity contribution in [2.45, 2.75) is 26.3 Å². The Morgan fingerprint density at radius 2 is 2.00 bits per heavy atom. The Bertz CT molecular complexity index is 371. The van der Waals surface area contributed by atoms with Gasteiger partial charge in [0.1, 0.15) is 11.6 Å². The van der Waals surface area contributed by atoms with Gasteiger partial charge in [-0.25, -0.2) is 8.78 Å². The smallest absolute Gasteiger partial charge is 0.126 e. The highest BCUT2D eigenvalue weighted by Gasteiger charge is 2.14. The lowest BCUT2D eigenvalue weighted by molar-refractivity contribution is 0.192. The summed E-state index contributed by atoms with van der Waals surface area (Å²) in [6, 6.07) is 3.82. The molecule has 0 aromatic heterocycles. The summed E-state index contributed by atoms with van der Waals surface area (Å²) in [7, 11) is 1.65. The van der Waals surface area contributed by atoms with Gasteiger partial charge in [-0.2, -0.15) is 0 Å². The summed E-state index contributed by atoms with van der Waals surface area (Å²) >= 11 is 0. The molecule has 0 saturated carbocycles. The van der Waals surface area contributed by atoms with Crippen LogP contribution in [0.4, 0.5) is 8.78 Å². The van der Waals surface area contributed by atoms with Gasteiger partial charge in [0.15, 0.2) is 0 Å². The molecule has 0 aliphatic carbocycles. The number of hydrogen-bond acceptors (Lipinski definition) is 2. The van der Waals surface area contributed by atoms with Gasteiger partial charge in [0.05, 0.1) is 6.61 Å². The molecule has 102 valence electrons. The fourth-order valence-corrected chi connectivity index (χ4v) is 1.81. The van der Waals surface area contributed by atoms with E-state index in [9.17, 15) is 8.78 Å². The average molecular weight is 257 g/mol. The number of ether oxygens (including phenoxy) is 1. The molecule has 1 aromatic rings. The van der Waals surface area contributed by atoms with Crippen LogP contribution in [-0.2, 0) is 11.2 Å². The topological polar surface area (TPSA) is 21.3 Å². The van der Waals surface area contributed by atoms with Gasteiger partial charge < -0.3 is 10.1 Å². The van der Waals surface area contributed by atoms with Gasteiger partial charge in [0.25, 0.3) is 0 Å². The molecule has 1 N–H and O–H groups in total. The Hall–Kier alpha value is -1.00. The molecular weight excluding hydrogens is 236 g/mol. The lowest BCUT2D eigenvalue weighted by Crippen LogP contribution is -2.35. The molecule has 0 aliphatic heterocycles. The fourth-order valence-electron chi connectivity index (χ4n) is 1.81. The Labute approximate surface area is 107 Å². The van der Waals surface area contributed by atoms with Crippen LogP contribution in [0.3, 0.4) is 0 Å². The van der Waals surface area contributed by atoms with Crippen LogP contribution in [0.1, 0.15) is 19.4 Å². The second-order valence-electron chi connectivity index (χ2n) is 4.65. The van der Waals surface area contributed by atoms with Crippen LogP contribution in [0.15, 0.2) is 18.2 Å². The van der Waals surface area contributed by atoms with E-state index in [1.54, 1.807) is 7.11 Å². The zero-order chi connectivity index (χ0) is 13.5. The number of methoxy groups -OCH3 is 1. The van der Waals surface area contributed by atoms with Crippen LogP contribution in [0, 0.1) is 17.6 Å². The summed E-state index contributed by atoms with van der Waals surface area (Å²) in [5.74, 6) is -0.510. The van der Waals surface area contributed by atoms with Gasteiger partial charge in [-0.1, -0.05) is 6.92 Å². The zero-order valence-electron chi connectivity index (χ0n) is 11.2. The normalized spacial score (nSPS) is 14.5. The summed E-state index contributed by atoms with van der Waals surface area (Å²) in [6.45, 7) is 5.46. The molecule has 0 saturated heterocycles. The number of hydrogen-bond donors (Lipinski definition) is 1. The summed E-state index contributed by atoms with van der Waals surface area (Å²) < 4.78 is 31.5. The highest BCUT2D eigenvalue weighted by Crippen LogP contribution is 2.16. The van der Waals surface area contributed by atoms with Crippen molar-refractivity contribution >= 4 is 0 Å². The van der Waals surface area contributed by atoms with Crippen molar-refractivity contribution in [2.24, 2.45) is 5.92 Å². The maximum absolute atomic E-state index is 13.5. The van der Waals surface area contributed by atoms with Gasteiger partial charge >= 0.3 is 0 Å². The van der Waals surface area contributed by atoms with Crippen molar-refractivity contribution in [3.63, 3.8) is 0 Å². The molecule has 0 fully saturated rings. The summed E-state index contributed by atoms with van der Waals surface area (Å²) in [6.07, 6.45) is 0.519. The van der Waals surface area contributed by atoms with E-state index in [0.29, 0.717) is 18.6 Å². The first-order chi connectivity index (χ1) is 8.54. The van der Waals surface area contributed by atoms with Crippen molar-refractivity contribution in [3.8, 4) is 0 Å². The highest BCUT2D eigenvalue weighted by molar-refractivity contribution is 5.19. The van der Waals surface area contributed by atoms with Gasteiger partial charge in [0, 0.05) is 19.7 Å². The minimum atomic E-state index is -0.390. The van der Waals surface area contributed by atoms with Gasteiger partial charge in [-0.3, -0.25) is 0 Å². The molecule has 2 atom stereocenters. The van der Waals surface area contributed by atoms with E-state index in [2.05, 4.69) is 5.32 Å². The van der Waals surface area contributed by atoms with E-state index in [1.807, 2.05) is 13.8 Å². The zero-order valence-corrected chi connectivity index (χ0v) is 11.2. The number of nitrogens with one attached hydrogen (secondary N) is 1. The highest BCUT2D eigenvalue weighted by atomic mass is 19.1. The largest absolute Gasteiger partial charge is 0.383 e. The van der Waals surface area contributed by atoms with Crippen LogP contribution >= 0.6 is 0 Å². The van der Waals surface area contributed by atoms with Crippen LogP contribution < -0.4 is 5.32 Å². The molecule has 1 aromatic carbocycles. The molecule has 0 bridgehead atoms. The number of halogens is 2. The molecule has 2 nitrogen and oxygen atoms in total. The first-order valence-electron chi connectivity index (χ1n) is 6.20. The SMILES string of the molecule is COCCNC(C)C(C)Cc1cc(F)ccc1F. The van der Waals surface area contributed by atoms with E-state index in [1.165, 1.54) is 12.1 Å². The standard InChI is InChI=1S/C14H21F2NO/c1-10(11(2)17-6-7-18-3)8-12-9-13(15)4-5-14(12)16/h4-5,9-11,17H,6-8H2,1-3H3. The van der Waals surface area contributed by atoms with Gasteiger partial charge in [0.2, 0.25) is 0 Å². The number of rotatable bonds is 7. The van der Waals surface area contributed by atoms with Crippen LogP contribution in [0.2, 0.25) is 0 Å². The lowest BCUT2D eigenvalue weighted by atomic mass is 9.94. The third-order valence-electron chi connectivity index (χ3n) is 3.18. The summed E-state index contributed by atoms with van der Waals surface area (Å²) in [5.41, 5.74) is 0.433. The predicted octanol–water partition coefficient (Wildman–Crippen LogP) is 2.77. The first-order valence-corrected chi connectivity index (χ1v) is 6.20. The minimum Gasteiger partial charge on any atom is -0.383 e. The molecule has 0 heterocycles. The first kappa shape index (κ1) is 15.1. The molecular formula is C14H21F2NO. The minimum absolute atomic E-state index is 0.221. The fraction of sp³-hybridized carbons (Fsp3) is 0.571. The van der Waals surface area contributed by atoms with Crippen LogP contribution in [-0.4, -0.2) is 26.3 Å². The quantitative estimate of drug-likeness (QED) is 0.758. The van der Waals surface area contributed by atoms with E-state index in [0.717, 1.165) is 12.6 Å². The Morgan fingerprint density at radius 1 is 1.28 bits per heavy atom. The Balaban J connectivity index is 2.52. The molecule has 2 unspecified atom stereocenters. The number of benzene rings is 1. The van der Waals surface area contributed by atoms with Crippen molar-refractivity contribution < 1.29 is 13.5 Å². The monoisotopic (exact) mass is 257 g/mol. The van der Waals surface area contributed by atoms with Crippen molar-refractivity contribution in [1.29, 1.82) is 0 Å². The molecule has 1 rings (SSSR count). The lowest BCUT2D eigenvalue weighted by Gasteiger charge is -2.21. The second kappa shape index (κ2) is 7.44. The van der Waals surface area contributed by atoms with Crippen LogP contribution in [0.25, 0.3) is 0 Å². The summed E-state index contributed by atoms with van der Waals surface area (Å²) in [5, 5.41) is 3.30. The molecule has 4 heteroatoms. The Kier molecular flexibility index (Phi) is 6.22. The van der Waals surface area contributed by atoms with E-state index < -0.39 is 5.82 Å². The van der Waals surface area contributed by atoms with Crippen molar-refractivity contribution in [1.82, 2.24) is 5.32 Å². The summed E-state index contributed by atoms with van der Waals surface area (Å²) in [4.78, 5) is 0. The average Bonchev–Trinajstić information content (AvgIpc) is 2.34. The molecule has 0 aliphatic rings. The van der Waals surface area contributed by atoms with E-state index in [-0.39, 0.29) is 17.8 Å². The molecule has 18 heavy (non-hydrogen) atoms. The second-order valence-corrected chi connectivity index (χ2v) is 4.65. The van der Waals surface area contributed by atoms with Crippen molar-refractivity contribution in [3.05, 3.63) is 35.4 Å². The van der Waals surface area contributed by atoms with Crippen molar-refractivity contribution in [2.75, 3.05) is 20.3 Å². The van der Waals surface area contributed by atoms with E-state index in [4.69, 9.17) is 4.74 Å². The van der Waals surface area contributed by atoms with Crippen LogP contribution in [0.5, 0.6) is 0 Å². The molecule has 0 radical (unpaired) electrons. The molecule has 0 spiro atoms. The maximum atomic E-state index is 13.5. The predicted molar refractivity (Wildman–Crippen MR) is 68.6 cm³/mol. The molecule has 0 amide bonds. The van der Waals surface area contributed by atoms with E-state index >= 15 is 0 Å². The Morgan fingerprint density at radius 3 is 2.67 bits per heavy atom. The third kappa shape index (κ3) is 4.70. The van der Waals surface area contributed by atoms with Gasteiger partial charge in [-0.05, 0) is 43.0 Å². The maximum Gasteiger partial charge on any atom is 0.126 e.